The number of thiazole rings is 1. The van der Waals surface area contributed by atoms with Crippen molar-refractivity contribution < 1.29 is 14.3 Å². The van der Waals surface area contributed by atoms with Gasteiger partial charge in [0.05, 0.1) is 5.56 Å². The molecule has 0 bridgehead atoms. The van der Waals surface area contributed by atoms with E-state index in [1.54, 1.807) is 35.0 Å². The number of benzene rings is 1. The average Bonchev–Trinajstić information content (AvgIpc) is 3.29. The van der Waals surface area contributed by atoms with Gasteiger partial charge in [0.2, 0.25) is 0 Å². The molecule has 1 amide bonds. The number of aromatic nitrogens is 1. The summed E-state index contributed by atoms with van der Waals surface area (Å²) in [6.07, 6.45) is 0. The molecule has 2 heterocycles. The van der Waals surface area contributed by atoms with Gasteiger partial charge >= 0.3 is 5.97 Å². The van der Waals surface area contributed by atoms with Crippen LogP contribution in [-0.2, 0) is 9.53 Å². The van der Waals surface area contributed by atoms with Gasteiger partial charge in [0.25, 0.3) is 5.91 Å². The Balaban J connectivity index is 1.59. The maximum atomic E-state index is 12.1. The summed E-state index contributed by atoms with van der Waals surface area (Å²) in [5.74, 6) is -1.22. The zero-order valence-corrected chi connectivity index (χ0v) is 15.5. The van der Waals surface area contributed by atoms with Crippen LogP contribution in [0.3, 0.4) is 0 Å². The number of nitrogens with one attached hydrogen (secondary N) is 1. The lowest BCUT2D eigenvalue weighted by molar-refractivity contribution is -0.119. The lowest BCUT2D eigenvalue weighted by atomic mass is 10.2. The van der Waals surface area contributed by atoms with Crippen molar-refractivity contribution in [2.24, 2.45) is 0 Å². The number of amides is 1. The van der Waals surface area contributed by atoms with Crippen molar-refractivity contribution in [1.82, 2.24) is 4.98 Å². The number of nitriles is 1. The van der Waals surface area contributed by atoms with Gasteiger partial charge in [-0.3, -0.25) is 4.79 Å². The van der Waals surface area contributed by atoms with Gasteiger partial charge in [0.1, 0.15) is 16.1 Å². The molecular weight excluding hydrogens is 394 g/mol. The topological polar surface area (TPSA) is 92.1 Å². The SMILES string of the molecule is N#Cc1ccsc1NC(=O)COC(=O)c1csc(-c2cccc(Cl)c2)n1. The number of rotatable bonds is 5. The third kappa shape index (κ3) is 4.26. The molecule has 0 aliphatic carbocycles. The van der Waals surface area contributed by atoms with Crippen LogP contribution in [-0.4, -0.2) is 23.5 Å². The normalized spacial score (nSPS) is 10.2. The van der Waals surface area contributed by atoms with Crippen LogP contribution >= 0.6 is 34.3 Å². The fraction of sp³-hybridized carbons (Fsp3) is 0.0588. The van der Waals surface area contributed by atoms with Crippen LogP contribution in [0.25, 0.3) is 10.6 Å². The number of hydrogen-bond donors (Lipinski definition) is 1. The lowest BCUT2D eigenvalue weighted by Crippen LogP contribution is -2.21. The summed E-state index contributed by atoms with van der Waals surface area (Å²) in [7, 11) is 0. The molecule has 1 aromatic carbocycles. The second-order valence-corrected chi connectivity index (χ2v) is 7.16. The summed E-state index contributed by atoms with van der Waals surface area (Å²) in [6.45, 7) is -0.467. The molecule has 130 valence electrons. The van der Waals surface area contributed by atoms with Gasteiger partial charge < -0.3 is 10.1 Å². The summed E-state index contributed by atoms with van der Waals surface area (Å²) in [5.41, 5.74) is 1.27. The van der Waals surface area contributed by atoms with Crippen molar-refractivity contribution in [3.8, 4) is 16.6 Å². The van der Waals surface area contributed by atoms with E-state index in [0.29, 0.717) is 20.6 Å². The maximum Gasteiger partial charge on any atom is 0.358 e. The summed E-state index contributed by atoms with van der Waals surface area (Å²) in [4.78, 5) is 28.1. The van der Waals surface area contributed by atoms with E-state index >= 15 is 0 Å². The van der Waals surface area contributed by atoms with Crippen LogP contribution in [0.1, 0.15) is 16.1 Å². The van der Waals surface area contributed by atoms with E-state index in [0.717, 1.165) is 5.56 Å². The van der Waals surface area contributed by atoms with E-state index in [1.165, 1.54) is 22.7 Å². The Bertz CT molecular complexity index is 1010. The molecule has 0 radical (unpaired) electrons. The first-order chi connectivity index (χ1) is 12.6. The predicted molar refractivity (Wildman–Crippen MR) is 101 cm³/mol. The number of hydrogen-bond acceptors (Lipinski definition) is 7. The molecule has 6 nitrogen and oxygen atoms in total. The summed E-state index contributed by atoms with van der Waals surface area (Å²) in [5, 5.41) is 16.3. The molecule has 0 spiro atoms. The molecule has 26 heavy (non-hydrogen) atoms. The van der Waals surface area contributed by atoms with Gasteiger partial charge in [-0.15, -0.1) is 22.7 Å². The second kappa shape index (κ2) is 8.10. The van der Waals surface area contributed by atoms with Crippen molar-refractivity contribution in [1.29, 1.82) is 5.26 Å². The summed E-state index contributed by atoms with van der Waals surface area (Å²) in [6, 6.07) is 10.7. The number of ether oxygens (including phenoxy) is 1. The summed E-state index contributed by atoms with van der Waals surface area (Å²) < 4.78 is 4.97. The van der Waals surface area contributed by atoms with Crippen LogP contribution in [0, 0.1) is 11.3 Å². The van der Waals surface area contributed by atoms with Crippen LogP contribution in [0.2, 0.25) is 5.02 Å². The Labute approximate surface area is 161 Å². The van der Waals surface area contributed by atoms with Crippen LogP contribution in [0.15, 0.2) is 41.1 Å². The highest BCUT2D eigenvalue weighted by Gasteiger charge is 2.16. The number of anilines is 1. The van der Waals surface area contributed by atoms with Gasteiger partial charge in [0, 0.05) is 16.0 Å². The molecule has 0 unspecified atom stereocenters. The van der Waals surface area contributed by atoms with E-state index in [2.05, 4.69) is 10.3 Å². The third-order valence-electron chi connectivity index (χ3n) is 3.16. The number of carbonyl (C=O) groups is 2. The quantitative estimate of drug-likeness (QED) is 0.645. The molecular formula is C17H10ClN3O3S2. The first kappa shape index (κ1) is 18.1. The number of carbonyl (C=O) groups excluding carboxylic acids is 2. The minimum atomic E-state index is -0.698. The highest BCUT2D eigenvalue weighted by Crippen LogP contribution is 2.26. The number of esters is 1. The number of halogens is 1. The molecule has 0 atom stereocenters. The Kier molecular flexibility index (Phi) is 5.63. The highest BCUT2D eigenvalue weighted by atomic mass is 35.5. The minimum Gasteiger partial charge on any atom is -0.451 e. The van der Waals surface area contributed by atoms with Gasteiger partial charge in [-0.1, -0.05) is 23.7 Å². The van der Waals surface area contributed by atoms with Crippen molar-refractivity contribution in [3.05, 3.63) is 57.4 Å². The van der Waals surface area contributed by atoms with Gasteiger partial charge in [0.15, 0.2) is 12.3 Å². The van der Waals surface area contributed by atoms with Crippen molar-refractivity contribution >= 4 is 51.2 Å². The van der Waals surface area contributed by atoms with E-state index in [4.69, 9.17) is 21.6 Å². The molecule has 0 aliphatic heterocycles. The molecule has 0 aliphatic rings. The smallest absolute Gasteiger partial charge is 0.358 e. The van der Waals surface area contributed by atoms with Crippen LogP contribution in [0.4, 0.5) is 5.00 Å². The minimum absolute atomic E-state index is 0.117. The van der Waals surface area contributed by atoms with Crippen molar-refractivity contribution in [3.63, 3.8) is 0 Å². The van der Waals surface area contributed by atoms with E-state index < -0.39 is 18.5 Å². The zero-order chi connectivity index (χ0) is 18.5. The first-order valence-electron chi connectivity index (χ1n) is 7.23. The highest BCUT2D eigenvalue weighted by molar-refractivity contribution is 7.14. The van der Waals surface area contributed by atoms with E-state index in [-0.39, 0.29) is 5.69 Å². The Hall–Kier alpha value is -2.73. The molecule has 0 fully saturated rings. The first-order valence-corrected chi connectivity index (χ1v) is 9.36. The van der Waals surface area contributed by atoms with E-state index in [1.807, 2.05) is 12.1 Å². The molecule has 0 saturated carbocycles. The molecule has 0 saturated heterocycles. The van der Waals surface area contributed by atoms with Gasteiger partial charge in [-0.05, 0) is 23.6 Å². The average molecular weight is 404 g/mol. The van der Waals surface area contributed by atoms with E-state index in [9.17, 15) is 9.59 Å². The Morgan fingerprint density at radius 1 is 1.31 bits per heavy atom. The third-order valence-corrected chi connectivity index (χ3v) is 5.11. The lowest BCUT2D eigenvalue weighted by Gasteiger charge is -2.04. The zero-order valence-electron chi connectivity index (χ0n) is 13.1. The molecule has 1 N–H and O–H groups in total. The standard InChI is InChI=1S/C17H10ClN3O3S2/c18-12-3-1-2-10(6-12)15-20-13(9-26-15)17(23)24-8-14(22)21-16-11(7-19)4-5-25-16/h1-6,9H,8H2,(H,21,22). The Morgan fingerprint density at radius 2 is 2.15 bits per heavy atom. The van der Waals surface area contributed by atoms with Gasteiger partial charge in [-0.25, -0.2) is 9.78 Å². The number of nitrogens with zero attached hydrogens (tertiary/aromatic N) is 2. The predicted octanol–water partition coefficient (Wildman–Crippen LogP) is 4.19. The van der Waals surface area contributed by atoms with Crippen LogP contribution < -0.4 is 5.32 Å². The molecule has 2 aromatic heterocycles. The fourth-order valence-electron chi connectivity index (χ4n) is 1.98. The molecule has 3 rings (SSSR count). The molecule has 3 aromatic rings. The molecule has 9 heteroatoms. The number of thiophene rings is 1. The maximum absolute atomic E-state index is 12.1. The van der Waals surface area contributed by atoms with Crippen LogP contribution in [0.5, 0.6) is 0 Å². The summed E-state index contributed by atoms with van der Waals surface area (Å²) >= 11 is 8.45. The fourth-order valence-corrected chi connectivity index (χ4v) is 3.71. The largest absolute Gasteiger partial charge is 0.451 e. The Morgan fingerprint density at radius 3 is 2.92 bits per heavy atom. The second-order valence-electron chi connectivity index (χ2n) is 4.95. The van der Waals surface area contributed by atoms with Gasteiger partial charge in [-0.2, -0.15) is 5.26 Å². The van der Waals surface area contributed by atoms with Crippen molar-refractivity contribution in [2.45, 2.75) is 0 Å². The van der Waals surface area contributed by atoms with Crippen molar-refractivity contribution in [2.75, 3.05) is 11.9 Å². The monoisotopic (exact) mass is 403 g/mol.